The molecule has 2 aliphatic rings. The zero-order valence-corrected chi connectivity index (χ0v) is 24.7. The predicted octanol–water partition coefficient (Wildman–Crippen LogP) is 6.96. The Morgan fingerprint density at radius 1 is 0.707 bits per heavy atom. The molecule has 0 aliphatic carbocycles. The molecule has 6 rings (SSSR count). The average molecular weight is 610 g/mol. The van der Waals surface area contributed by atoms with Crippen molar-refractivity contribution in [2.24, 2.45) is 0 Å². The molecule has 4 aromatic rings. The molecule has 2 aliphatic heterocycles. The highest BCUT2D eigenvalue weighted by Crippen LogP contribution is 2.46. The second-order valence-corrected chi connectivity index (χ2v) is 12.4. The van der Waals surface area contributed by atoms with Crippen molar-refractivity contribution < 1.29 is 19.8 Å². The summed E-state index contributed by atoms with van der Waals surface area (Å²) in [5.74, 6) is 2.21. The summed E-state index contributed by atoms with van der Waals surface area (Å²) in [7, 11) is 0. The van der Waals surface area contributed by atoms with Crippen LogP contribution in [-0.4, -0.2) is 58.4 Å². The molecular weight excluding hydrogens is 579 g/mol. The van der Waals surface area contributed by atoms with Crippen LogP contribution < -0.4 is 9.80 Å². The molecular formula is C32H30Cl2N2O4S. The summed E-state index contributed by atoms with van der Waals surface area (Å²) in [6.07, 6.45) is 0.642. The Bertz CT molecular complexity index is 1540. The lowest BCUT2D eigenvalue weighted by molar-refractivity contribution is -0.118. The first-order valence-corrected chi connectivity index (χ1v) is 15.9. The molecule has 0 saturated carbocycles. The van der Waals surface area contributed by atoms with Crippen LogP contribution in [0.3, 0.4) is 0 Å². The van der Waals surface area contributed by atoms with Crippen LogP contribution in [0.1, 0.15) is 35.8 Å². The zero-order valence-electron chi connectivity index (χ0n) is 22.4. The molecule has 0 spiro atoms. The van der Waals surface area contributed by atoms with Crippen molar-refractivity contribution in [1.82, 2.24) is 0 Å². The Morgan fingerprint density at radius 3 is 1.49 bits per heavy atom. The monoisotopic (exact) mass is 608 g/mol. The molecule has 2 atom stereocenters. The van der Waals surface area contributed by atoms with Crippen molar-refractivity contribution in [3.8, 4) is 11.5 Å². The van der Waals surface area contributed by atoms with Gasteiger partial charge in [-0.05, 0) is 21.9 Å². The standard InChI is InChI=1S/C32H30Cl2N2O4S/c33-15-19-17-35(25-13-27(37)21-5-1-3-7-23(21)31(19)25)29(39)9-11-41-12-10-30(40)36-18-20(16-34)32-24-8-4-2-6-22(24)28(38)14-26(32)36/h1-8,13-14,19-20,37-38H,9-12,15-18H2. The first-order valence-electron chi connectivity index (χ1n) is 13.7. The number of aromatic hydroxyl groups is 2. The number of hydrogen-bond acceptors (Lipinski definition) is 5. The van der Waals surface area contributed by atoms with Crippen molar-refractivity contribution in [2.75, 3.05) is 46.2 Å². The van der Waals surface area contributed by atoms with Gasteiger partial charge in [-0.2, -0.15) is 11.8 Å². The van der Waals surface area contributed by atoms with E-state index >= 15 is 0 Å². The van der Waals surface area contributed by atoms with Crippen LogP contribution in [-0.2, 0) is 9.59 Å². The lowest BCUT2D eigenvalue weighted by atomic mass is 9.95. The number of benzene rings is 4. The van der Waals surface area contributed by atoms with E-state index in [0.717, 1.165) is 44.0 Å². The predicted molar refractivity (Wildman–Crippen MR) is 169 cm³/mol. The Kier molecular flexibility index (Phi) is 7.94. The van der Waals surface area contributed by atoms with E-state index in [9.17, 15) is 19.8 Å². The van der Waals surface area contributed by atoms with Gasteiger partial charge in [0, 0.05) is 83.9 Å². The van der Waals surface area contributed by atoms with Gasteiger partial charge in [0.2, 0.25) is 11.8 Å². The van der Waals surface area contributed by atoms with Crippen LogP contribution in [0.4, 0.5) is 11.4 Å². The fourth-order valence-corrected chi connectivity index (χ4v) is 7.61. The third-order valence-corrected chi connectivity index (χ3v) is 9.91. The number of fused-ring (bicyclic) bond motifs is 6. The van der Waals surface area contributed by atoms with Gasteiger partial charge < -0.3 is 20.0 Å². The lowest BCUT2D eigenvalue weighted by Crippen LogP contribution is -2.31. The van der Waals surface area contributed by atoms with E-state index in [1.165, 1.54) is 0 Å². The van der Waals surface area contributed by atoms with E-state index in [4.69, 9.17) is 23.2 Å². The van der Waals surface area contributed by atoms with Gasteiger partial charge in [0.05, 0.1) is 11.4 Å². The van der Waals surface area contributed by atoms with E-state index in [0.29, 0.717) is 49.2 Å². The molecule has 212 valence electrons. The molecule has 2 N–H and O–H groups in total. The van der Waals surface area contributed by atoms with Gasteiger partial charge in [0.1, 0.15) is 11.5 Å². The minimum absolute atomic E-state index is 0.00287. The van der Waals surface area contributed by atoms with Crippen molar-refractivity contribution in [3.05, 3.63) is 71.8 Å². The molecule has 2 heterocycles. The van der Waals surface area contributed by atoms with Gasteiger partial charge in [-0.25, -0.2) is 0 Å². The Balaban J connectivity index is 1.08. The summed E-state index contributed by atoms with van der Waals surface area (Å²) in [5.41, 5.74) is 3.49. The molecule has 41 heavy (non-hydrogen) atoms. The summed E-state index contributed by atoms with van der Waals surface area (Å²) in [4.78, 5) is 30.0. The normalized spacial score (nSPS) is 17.8. The van der Waals surface area contributed by atoms with Crippen LogP contribution in [0.25, 0.3) is 21.5 Å². The van der Waals surface area contributed by atoms with E-state index in [-0.39, 0.29) is 35.1 Å². The maximum atomic E-state index is 13.2. The first-order chi connectivity index (χ1) is 19.9. The Labute approximate surface area is 252 Å². The number of phenolic OH excluding ortho intramolecular Hbond substituents is 2. The lowest BCUT2D eigenvalue weighted by Gasteiger charge is -2.19. The summed E-state index contributed by atoms with van der Waals surface area (Å²) in [6.45, 7) is 0.984. The largest absolute Gasteiger partial charge is 0.507 e. The van der Waals surface area contributed by atoms with Crippen LogP contribution in [0.2, 0.25) is 0 Å². The summed E-state index contributed by atoms with van der Waals surface area (Å²) >= 11 is 14.2. The maximum Gasteiger partial charge on any atom is 0.227 e. The van der Waals surface area contributed by atoms with Gasteiger partial charge in [-0.3, -0.25) is 9.59 Å². The third kappa shape index (κ3) is 4.98. The first kappa shape index (κ1) is 28.0. The molecule has 6 nitrogen and oxygen atoms in total. The van der Waals surface area contributed by atoms with Crippen molar-refractivity contribution >= 4 is 79.7 Å². The fourth-order valence-electron chi connectivity index (χ4n) is 6.27. The molecule has 2 unspecified atom stereocenters. The number of hydrogen-bond donors (Lipinski definition) is 2. The number of amides is 2. The van der Waals surface area contributed by atoms with Crippen LogP contribution >= 0.6 is 35.0 Å². The molecule has 9 heteroatoms. The highest BCUT2D eigenvalue weighted by atomic mass is 35.5. The van der Waals surface area contributed by atoms with Gasteiger partial charge in [0.25, 0.3) is 0 Å². The molecule has 0 bridgehead atoms. The quantitative estimate of drug-likeness (QED) is 0.167. The molecule has 0 saturated heterocycles. The zero-order chi connectivity index (χ0) is 28.7. The van der Waals surface area contributed by atoms with E-state index in [2.05, 4.69) is 0 Å². The van der Waals surface area contributed by atoms with Crippen LogP contribution in [0.5, 0.6) is 11.5 Å². The van der Waals surface area contributed by atoms with Crippen LogP contribution in [0, 0.1) is 0 Å². The molecule has 4 aromatic carbocycles. The minimum Gasteiger partial charge on any atom is -0.507 e. The molecule has 0 aromatic heterocycles. The number of anilines is 2. The third-order valence-electron chi connectivity index (χ3n) is 8.18. The highest BCUT2D eigenvalue weighted by Gasteiger charge is 2.35. The molecule has 0 radical (unpaired) electrons. The number of thioether (sulfide) groups is 1. The SMILES string of the molecule is O=C(CCSCCC(=O)N1CC(CCl)c2c1cc(O)c1ccccc21)N1CC(CCl)c2c1cc(O)c1ccccc21. The number of alkyl halides is 2. The van der Waals surface area contributed by atoms with Crippen molar-refractivity contribution in [1.29, 1.82) is 0 Å². The van der Waals surface area contributed by atoms with Gasteiger partial charge >= 0.3 is 0 Å². The highest BCUT2D eigenvalue weighted by molar-refractivity contribution is 7.99. The minimum atomic E-state index is -0.0202. The van der Waals surface area contributed by atoms with Gasteiger partial charge in [-0.15, -0.1) is 23.2 Å². The summed E-state index contributed by atoms with van der Waals surface area (Å²) in [5, 5.41) is 24.6. The number of nitrogens with zero attached hydrogens (tertiary/aromatic N) is 2. The van der Waals surface area contributed by atoms with E-state index in [1.807, 2.05) is 48.5 Å². The van der Waals surface area contributed by atoms with Crippen LogP contribution in [0.15, 0.2) is 60.7 Å². The van der Waals surface area contributed by atoms with E-state index < -0.39 is 0 Å². The molecule has 0 fully saturated rings. The number of rotatable bonds is 8. The Hall–Kier alpha value is -3.13. The number of phenols is 2. The fraction of sp³-hybridized carbons (Fsp3) is 0.312. The second-order valence-electron chi connectivity index (χ2n) is 10.6. The van der Waals surface area contributed by atoms with Crippen molar-refractivity contribution in [3.63, 3.8) is 0 Å². The number of halogens is 2. The smallest absolute Gasteiger partial charge is 0.227 e. The molecule has 2 amide bonds. The average Bonchev–Trinajstić information content (AvgIpc) is 3.55. The summed E-state index contributed by atoms with van der Waals surface area (Å²) in [6, 6.07) is 18.7. The van der Waals surface area contributed by atoms with Gasteiger partial charge in [-0.1, -0.05) is 48.5 Å². The second kappa shape index (κ2) is 11.6. The summed E-state index contributed by atoms with van der Waals surface area (Å²) < 4.78 is 0. The van der Waals surface area contributed by atoms with E-state index in [1.54, 1.807) is 33.7 Å². The topological polar surface area (TPSA) is 81.1 Å². The number of carbonyl (C=O) groups is 2. The Morgan fingerprint density at radius 2 is 1.10 bits per heavy atom. The number of carbonyl (C=O) groups excluding carboxylic acids is 2. The van der Waals surface area contributed by atoms with Gasteiger partial charge in [0.15, 0.2) is 0 Å². The van der Waals surface area contributed by atoms with Crippen molar-refractivity contribution in [2.45, 2.75) is 24.7 Å². The maximum absolute atomic E-state index is 13.2.